The second-order valence-corrected chi connectivity index (χ2v) is 9.22. The van der Waals surface area contributed by atoms with E-state index in [1.807, 2.05) is 18.2 Å². The summed E-state index contributed by atoms with van der Waals surface area (Å²) in [5.41, 5.74) is 6.36. The molecule has 0 bridgehead atoms. The number of aryl methyl sites for hydroxylation is 1. The number of fused-ring (bicyclic) bond motifs is 2. The maximum atomic E-state index is 14.0. The highest BCUT2D eigenvalue weighted by atomic mass is 19.1. The van der Waals surface area contributed by atoms with Gasteiger partial charge in [0, 0.05) is 47.9 Å². The van der Waals surface area contributed by atoms with Crippen molar-refractivity contribution in [3.05, 3.63) is 107 Å². The first-order chi connectivity index (χ1) is 17.5. The molecule has 4 aromatic rings. The van der Waals surface area contributed by atoms with Crippen molar-refractivity contribution in [3.63, 3.8) is 0 Å². The first-order valence-corrected chi connectivity index (χ1v) is 12.2. The Bertz CT molecular complexity index is 1420. The number of para-hydroxylation sites is 1. The minimum absolute atomic E-state index is 0.106. The Morgan fingerprint density at radius 2 is 2.03 bits per heavy atom. The van der Waals surface area contributed by atoms with Crippen LogP contribution in [0.2, 0.25) is 0 Å². The Balaban J connectivity index is 1.42. The Morgan fingerprint density at radius 1 is 1.17 bits per heavy atom. The van der Waals surface area contributed by atoms with Crippen molar-refractivity contribution in [1.29, 1.82) is 0 Å². The van der Waals surface area contributed by atoms with Crippen LogP contribution in [0.5, 0.6) is 5.75 Å². The van der Waals surface area contributed by atoms with Gasteiger partial charge in [0.05, 0.1) is 7.11 Å². The lowest BCUT2D eigenvalue weighted by molar-refractivity contribution is -0.134. The number of phenols is 1. The molecule has 2 N–H and O–H groups in total. The zero-order valence-corrected chi connectivity index (χ0v) is 20.2. The smallest absolute Gasteiger partial charge is 0.330 e. The minimum Gasteiger partial charge on any atom is -0.508 e. The summed E-state index contributed by atoms with van der Waals surface area (Å²) in [6, 6.07) is 18.8. The molecule has 1 unspecified atom stereocenters. The van der Waals surface area contributed by atoms with Crippen LogP contribution in [0.4, 0.5) is 4.39 Å². The Labute approximate surface area is 209 Å². The molecule has 1 aliphatic carbocycles. The van der Waals surface area contributed by atoms with Gasteiger partial charge >= 0.3 is 5.97 Å². The van der Waals surface area contributed by atoms with E-state index in [2.05, 4.69) is 40.3 Å². The van der Waals surface area contributed by atoms with Crippen molar-refractivity contribution in [2.24, 2.45) is 0 Å². The van der Waals surface area contributed by atoms with Crippen LogP contribution >= 0.6 is 0 Å². The molecular formula is C30H29FN2O3. The van der Waals surface area contributed by atoms with Crippen LogP contribution in [0.1, 0.15) is 40.3 Å². The summed E-state index contributed by atoms with van der Waals surface area (Å²) >= 11 is 0. The number of carbonyl (C=O) groups is 1. The Kier molecular flexibility index (Phi) is 6.87. The topological polar surface area (TPSA) is 65.6 Å². The monoisotopic (exact) mass is 484 g/mol. The van der Waals surface area contributed by atoms with Crippen molar-refractivity contribution in [1.82, 2.24) is 9.88 Å². The van der Waals surface area contributed by atoms with Crippen LogP contribution in [-0.4, -0.2) is 34.6 Å². The van der Waals surface area contributed by atoms with Gasteiger partial charge in [0.15, 0.2) is 0 Å². The number of H-pyrrole nitrogens is 1. The van der Waals surface area contributed by atoms with Gasteiger partial charge < -0.3 is 14.8 Å². The van der Waals surface area contributed by atoms with E-state index in [4.69, 9.17) is 4.74 Å². The van der Waals surface area contributed by atoms with Crippen molar-refractivity contribution < 1.29 is 19.0 Å². The lowest BCUT2D eigenvalue weighted by atomic mass is 10.0. The number of halogens is 1. The summed E-state index contributed by atoms with van der Waals surface area (Å²) < 4.78 is 18.7. The van der Waals surface area contributed by atoms with Crippen LogP contribution < -0.4 is 0 Å². The molecule has 0 amide bonds. The second kappa shape index (κ2) is 10.4. The Hall–Kier alpha value is -3.90. The minimum atomic E-state index is -0.383. The molecule has 0 aliphatic heterocycles. The van der Waals surface area contributed by atoms with Crippen LogP contribution in [0, 0.1) is 5.82 Å². The molecule has 0 saturated heterocycles. The van der Waals surface area contributed by atoms with E-state index in [0.717, 1.165) is 36.9 Å². The predicted octanol–water partition coefficient (Wildman–Crippen LogP) is 5.93. The number of carbonyl (C=O) groups excluding carboxylic acids is 1. The van der Waals surface area contributed by atoms with E-state index >= 15 is 0 Å². The molecule has 0 radical (unpaired) electrons. The van der Waals surface area contributed by atoms with E-state index < -0.39 is 0 Å². The summed E-state index contributed by atoms with van der Waals surface area (Å²) in [6.07, 6.45) is 7.92. The van der Waals surface area contributed by atoms with Gasteiger partial charge in [-0.3, -0.25) is 4.90 Å². The Morgan fingerprint density at radius 3 is 2.89 bits per heavy atom. The first-order valence-electron chi connectivity index (χ1n) is 12.2. The van der Waals surface area contributed by atoms with Gasteiger partial charge in [-0.15, -0.1) is 0 Å². The fraction of sp³-hybridized carbons (Fsp3) is 0.233. The molecular weight excluding hydrogens is 455 g/mol. The number of nitrogens with zero attached hydrogens (tertiary/aromatic N) is 1. The molecule has 5 nitrogen and oxygen atoms in total. The summed E-state index contributed by atoms with van der Waals surface area (Å²) in [5.74, 6) is -0.630. The summed E-state index contributed by atoms with van der Waals surface area (Å²) in [4.78, 5) is 17.2. The fourth-order valence-electron chi connectivity index (χ4n) is 5.18. The average molecular weight is 485 g/mol. The molecule has 1 aromatic heterocycles. The number of aromatic hydroxyl groups is 1. The average Bonchev–Trinajstić information content (AvgIpc) is 3.51. The van der Waals surface area contributed by atoms with E-state index in [0.29, 0.717) is 12.1 Å². The molecule has 3 aromatic carbocycles. The number of esters is 1. The number of nitrogens with one attached hydrogen (secondary N) is 1. The third kappa shape index (κ3) is 5.04. The molecule has 0 fully saturated rings. The molecule has 36 heavy (non-hydrogen) atoms. The van der Waals surface area contributed by atoms with Crippen LogP contribution in [0.15, 0.2) is 72.9 Å². The number of methoxy groups -OCH3 is 1. The molecule has 1 heterocycles. The largest absolute Gasteiger partial charge is 0.508 e. The molecule has 1 aliphatic rings. The fourth-order valence-corrected chi connectivity index (χ4v) is 5.18. The van der Waals surface area contributed by atoms with Crippen molar-refractivity contribution >= 4 is 22.9 Å². The maximum Gasteiger partial charge on any atom is 0.330 e. The van der Waals surface area contributed by atoms with Gasteiger partial charge in [-0.2, -0.15) is 0 Å². The van der Waals surface area contributed by atoms with E-state index in [-0.39, 0.29) is 23.6 Å². The molecule has 1 atom stereocenters. The number of benzene rings is 3. The van der Waals surface area contributed by atoms with E-state index in [1.54, 1.807) is 6.08 Å². The lowest BCUT2D eigenvalue weighted by Crippen LogP contribution is -2.29. The second-order valence-electron chi connectivity index (χ2n) is 9.22. The number of aromatic nitrogens is 1. The molecule has 6 heteroatoms. The number of phenolic OH excluding ortho intramolecular Hbond substituents is 1. The number of rotatable bonds is 8. The number of hydrogen-bond acceptors (Lipinski definition) is 4. The third-order valence-corrected chi connectivity index (χ3v) is 7.03. The highest BCUT2D eigenvalue weighted by Crippen LogP contribution is 2.38. The molecule has 184 valence electrons. The number of aromatic amines is 1. The predicted molar refractivity (Wildman–Crippen MR) is 139 cm³/mol. The summed E-state index contributed by atoms with van der Waals surface area (Å²) in [5, 5.41) is 11.6. The highest BCUT2D eigenvalue weighted by molar-refractivity contribution is 5.87. The van der Waals surface area contributed by atoms with Gasteiger partial charge in [-0.25, -0.2) is 9.18 Å². The summed E-state index contributed by atoms with van der Waals surface area (Å²) in [6.45, 7) is 1.20. The first kappa shape index (κ1) is 23.8. The number of ether oxygens (including phenoxy) is 1. The SMILES string of the molecule is COC(=O)/C=C/c1ccc2c(c1)CCC2N(CCc1c[nH]c2ccccc12)Cc1cc(F)ccc1O. The van der Waals surface area contributed by atoms with E-state index in [9.17, 15) is 14.3 Å². The maximum absolute atomic E-state index is 14.0. The zero-order valence-electron chi connectivity index (χ0n) is 20.2. The van der Waals surface area contributed by atoms with Gasteiger partial charge in [0.25, 0.3) is 0 Å². The summed E-state index contributed by atoms with van der Waals surface area (Å²) in [7, 11) is 1.36. The third-order valence-electron chi connectivity index (χ3n) is 7.03. The molecule has 0 saturated carbocycles. The normalized spacial score (nSPS) is 15.1. The number of hydrogen-bond donors (Lipinski definition) is 2. The van der Waals surface area contributed by atoms with Gasteiger partial charge in [0.2, 0.25) is 0 Å². The van der Waals surface area contributed by atoms with Crippen molar-refractivity contribution in [2.45, 2.75) is 31.8 Å². The van der Waals surface area contributed by atoms with Crippen molar-refractivity contribution in [2.75, 3.05) is 13.7 Å². The quantitative estimate of drug-likeness (QED) is 0.240. The lowest BCUT2D eigenvalue weighted by Gasteiger charge is -2.30. The zero-order chi connectivity index (χ0) is 25.1. The van der Waals surface area contributed by atoms with E-state index in [1.165, 1.54) is 53.5 Å². The molecule has 0 spiro atoms. The molecule has 5 rings (SSSR count). The van der Waals surface area contributed by atoms with Gasteiger partial charge in [0.1, 0.15) is 11.6 Å². The van der Waals surface area contributed by atoms with Crippen LogP contribution in [0.3, 0.4) is 0 Å². The van der Waals surface area contributed by atoms with Crippen LogP contribution in [-0.2, 0) is 28.9 Å². The van der Waals surface area contributed by atoms with Crippen LogP contribution in [0.25, 0.3) is 17.0 Å². The highest BCUT2D eigenvalue weighted by Gasteiger charge is 2.29. The van der Waals surface area contributed by atoms with Gasteiger partial charge in [-0.1, -0.05) is 36.4 Å². The van der Waals surface area contributed by atoms with Gasteiger partial charge in [-0.05, 0) is 71.9 Å². The standard InChI is InChI=1S/C30H29FN2O3/c1-36-30(35)13-7-20-6-10-26-21(16-20)8-11-28(26)33(19-23-17-24(31)9-12-29(23)34)15-14-22-18-32-27-5-3-2-4-25(22)27/h2-7,9-10,12-13,16-18,28,32,34H,8,11,14-15,19H2,1H3/b13-7+. The van der Waals surface area contributed by atoms with Crippen molar-refractivity contribution in [3.8, 4) is 5.75 Å².